The fourth-order valence-corrected chi connectivity index (χ4v) is 4.10. The van der Waals surface area contributed by atoms with Crippen molar-refractivity contribution in [2.24, 2.45) is 5.10 Å². The van der Waals surface area contributed by atoms with E-state index in [1.165, 1.54) is 16.8 Å². The average Bonchev–Trinajstić information content (AvgIpc) is 3.31. The van der Waals surface area contributed by atoms with Crippen molar-refractivity contribution >= 4 is 17.4 Å². The number of hydrogen-bond donors (Lipinski definition) is 3. The van der Waals surface area contributed by atoms with Crippen molar-refractivity contribution in [2.45, 2.75) is 6.18 Å². The quantitative estimate of drug-likeness (QED) is 0.171. The lowest BCUT2D eigenvalue weighted by Gasteiger charge is -2.11. The minimum absolute atomic E-state index is 0.0216. The third-order valence-corrected chi connectivity index (χ3v) is 5.99. The number of halogens is 3. The van der Waals surface area contributed by atoms with Gasteiger partial charge in [0.05, 0.1) is 22.5 Å². The first kappa shape index (κ1) is 26.2. The first-order valence-electron chi connectivity index (χ1n) is 12.1. The van der Waals surface area contributed by atoms with E-state index in [2.05, 4.69) is 20.9 Å². The standard InChI is InChI=1S/C30H22F3N5O2/c31-30(32,33)22-18-16-21(17-19-22)26(35-36-29(40)34-23-12-6-2-7-13-23)25-27(20-10-4-1-5-11-20)37-38(28(25)39)24-14-8-3-9-15-24/h1-19,37H,(H2,34,36,40)/b35-26+. The van der Waals surface area contributed by atoms with Gasteiger partial charge in [0.1, 0.15) is 5.71 Å². The van der Waals surface area contributed by atoms with Crippen LogP contribution in [0.15, 0.2) is 125 Å². The molecule has 0 fully saturated rings. The van der Waals surface area contributed by atoms with Crippen molar-refractivity contribution in [3.63, 3.8) is 0 Å². The van der Waals surface area contributed by atoms with Crippen molar-refractivity contribution in [1.82, 2.24) is 15.2 Å². The highest BCUT2D eigenvalue weighted by atomic mass is 19.4. The van der Waals surface area contributed by atoms with Crippen molar-refractivity contribution in [2.75, 3.05) is 5.32 Å². The molecule has 5 rings (SSSR count). The predicted octanol–water partition coefficient (Wildman–Crippen LogP) is 6.43. The van der Waals surface area contributed by atoms with Crippen molar-refractivity contribution in [3.05, 3.63) is 142 Å². The van der Waals surface area contributed by atoms with Gasteiger partial charge in [-0.1, -0.05) is 78.9 Å². The maximum absolute atomic E-state index is 13.9. The molecule has 0 spiro atoms. The number of hydrogen-bond acceptors (Lipinski definition) is 3. The fraction of sp³-hybridized carbons (Fsp3) is 0.0333. The van der Waals surface area contributed by atoms with Gasteiger partial charge < -0.3 is 5.32 Å². The van der Waals surface area contributed by atoms with Gasteiger partial charge in [-0.15, -0.1) is 0 Å². The van der Waals surface area contributed by atoms with Gasteiger partial charge in [0.25, 0.3) is 5.56 Å². The van der Waals surface area contributed by atoms with E-state index in [-0.39, 0.29) is 16.8 Å². The number of carbonyl (C=O) groups is 1. The number of amides is 2. The van der Waals surface area contributed by atoms with Crippen LogP contribution in [0.3, 0.4) is 0 Å². The zero-order valence-corrected chi connectivity index (χ0v) is 20.8. The number of urea groups is 1. The monoisotopic (exact) mass is 541 g/mol. The van der Waals surface area contributed by atoms with E-state index in [9.17, 15) is 22.8 Å². The van der Waals surface area contributed by atoms with Gasteiger partial charge in [0.2, 0.25) is 0 Å². The molecule has 10 heteroatoms. The molecule has 1 aromatic heterocycles. The lowest BCUT2D eigenvalue weighted by Crippen LogP contribution is -2.28. The number of carbonyl (C=O) groups excluding carboxylic acids is 1. The van der Waals surface area contributed by atoms with Crippen LogP contribution in [0.2, 0.25) is 0 Å². The summed E-state index contributed by atoms with van der Waals surface area (Å²) in [6.07, 6.45) is -4.55. The van der Waals surface area contributed by atoms with Crippen molar-refractivity contribution in [3.8, 4) is 16.9 Å². The number of alkyl halides is 3. The molecule has 0 aliphatic rings. The second-order valence-corrected chi connectivity index (χ2v) is 8.67. The number of hydrazone groups is 1. The number of nitrogens with zero attached hydrogens (tertiary/aromatic N) is 2. The normalized spacial score (nSPS) is 11.7. The molecule has 200 valence electrons. The van der Waals surface area contributed by atoms with E-state index in [0.29, 0.717) is 22.6 Å². The second kappa shape index (κ2) is 11.2. The molecule has 0 atom stereocenters. The number of H-pyrrole nitrogens is 1. The molecule has 0 aliphatic heterocycles. The molecule has 0 saturated carbocycles. The summed E-state index contributed by atoms with van der Waals surface area (Å²) in [5.41, 5.74) is 3.31. The van der Waals surface area contributed by atoms with Crippen LogP contribution >= 0.6 is 0 Å². The second-order valence-electron chi connectivity index (χ2n) is 8.67. The minimum atomic E-state index is -4.55. The topological polar surface area (TPSA) is 91.3 Å². The minimum Gasteiger partial charge on any atom is -0.307 e. The molecule has 0 aliphatic carbocycles. The molecule has 0 bridgehead atoms. The van der Waals surface area contributed by atoms with E-state index >= 15 is 0 Å². The molecular weight excluding hydrogens is 519 g/mol. The molecule has 0 unspecified atom stereocenters. The van der Waals surface area contributed by atoms with Gasteiger partial charge >= 0.3 is 12.2 Å². The van der Waals surface area contributed by atoms with Crippen LogP contribution in [-0.4, -0.2) is 21.5 Å². The van der Waals surface area contributed by atoms with Crippen LogP contribution < -0.4 is 16.3 Å². The van der Waals surface area contributed by atoms with Gasteiger partial charge in [-0.05, 0) is 36.4 Å². The van der Waals surface area contributed by atoms with Crippen LogP contribution in [0.5, 0.6) is 0 Å². The van der Waals surface area contributed by atoms with Crippen LogP contribution in [0.4, 0.5) is 23.7 Å². The number of benzene rings is 4. The molecule has 1 heterocycles. The Morgan fingerprint density at radius 2 is 1.35 bits per heavy atom. The van der Waals surface area contributed by atoms with Gasteiger partial charge in [-0.25, -0.2) is 14.9 Å². The maximum atomic E-state index is 13.9. The van der Waals surface area contributed by atoms with Gasteiger partial charge in [0, 0.05) is 16.8 Å². The molecule has 5 aromatic rings. The van der Waals surface area contributed by atoms with Crippen molar-refractivity contribution in [1.29, 1.82) is 0 Å². The molecular formula is C30H22F3N5O2. The summed E-state index contributed by atoms with van der Waals surface area (Å²) in [4.78, 5) is 26.5. The van der Waals surface area contributed by atoms with Gasteiger partial charge in [0.15, 0.2) is 0 Å². The number of aromatic nitrogens is 2. The number of anilines is 1. The summed E-state index contributed by atoms with van der Waals surface area (Å²) >= 11 is 0. The Morgan fingerprint density at radius 1 is 0.775 bits per heavy atom. The van der Waals surface area contributed by atoms with E-state index in [4.69, 9.17) is 0 Å². The summed E-state index contributed by atoms with van der Waals surface area (Å²) in [6.45, 7) is 0. The Bertz CT molecular complexity index is 1690. The van der Waals surface area contributed by atoms with Crippen LogP contribution in [0.1, 0.15) is 16.7 Å². The largest absolute Gasteiger partial charge is 0.416 e. The summed E-state index contributed by atoms with van der Waals surface area (Å²) in [6, 6.07) is 29.9. The SMILES string of the molecule is O=C(N/N=C(\c1ccc(C(F)(F)F)cc1)c1c(-c2ccccc2)[nH]n(-c2ccccc2)c1=O)Nc1ccccc1. The van der Waals surface area contributed by atoms with E-state index < -0.39 is 23.3 Å². The Balaban J connectivity index is 1.66. The summed E-state index contributed by atoms with van der Waals surface area (Å²) in [5.74, 6) is 0. The van der Waals surface area contributed by atoms with Crippen LogP contribution in [-0.2, 0) is 6.18 Å². The number of nitrogens with one attached hydrogen (secondary N) is 3. The maximum Gasteiger partial charge on any atom is 0.416 e. The molecule has 2 amide bonds. The fourth-order valence-electron chi connectivity index (χ4n) is 4.10. The number of aromatic amines is 1. The predicted molar refractivity (Wildman–Crippen MR) is 148 cm³/mol. The highest BCUT2D eigenvalue weighted by molar-refractivity contribution is 6.16. The Morgan fingerprint density at radius 3 is 1.95 bits per heavy atom. The smallest absolute Gasteiger partial charge is 0.307 e. The summed E-state index contributed by atoms with van der Waals surface area (Å²) < 4.78 is 41.2. The zero-order chi connectivity index (χ0) is 28.1. The van der Waals surface area contributed by atoms with Gasteiger partial charge in [-0.2, -0.15) is 18.3 Å². The van der Waals surface area contributed by atoms with Crippen LogP contribution in [0, 0.1) is 0 Å². The number of para-hydroxylation sites is 2. The lowest BCUT2D eigenvalue weighted by atomic mass is 9.98. The first-order chi connectivity index (χ1) is 19.3. The third kappa shape index (κ3) is 5.70. The zero-order valence-electron chi connectivity index (χ0n) is 20.8. The van der Waals surface area contributed by atoms with E-state index in [1.807, 2.05) is 6.07 Å². The Hall–Kier alpha value is -5.38. The Kier molecular flexibility index (Phi) is 7.32. The average molecular weight is 542 g/mol. The van der Waals surface area contributed by atoms with E-state index in [0.717, 1.165) is 12.1 Å². The molecule has 3 N–H and O–H groups in total. The first-order valence-corrected chi connectivity index (χ1v) is 12.1. The lowest BCUT2D eigenvalue weighted by molar-refractivity contribution is -0.137. The third-order valence-electron chi connectivity index (χ3n) is 5.99. The highest BCUT2D eigenvalue weighted by Crippen LogP contribution is 2.30. The van der Waals surface area contributed by atoms with Crippen LogP contribution in [0.25, 0.3) is 16.9 Å². The molecule has 0 radical (unpaired) electrons. The van der Waals surface area contributed by atoms with Gasteiger partial charge in [-0.3, -0.25) is 9.89 Å². The molecule has 0 saturated heterocycles. The van der Waals surface area contributed by atoms with E-state index in [1.54, 1.807) is 84.9 Å². The molecule has 40 heavy (non-hydrogen) atoms. The number of rotatable bonds is 6. The Labute approximate surface area is 226 Å². The summed E-state index contributed by atoms with van der Waals surface area (Å²) in [5, 5.41) is 9.98. The van der Waals surface area contributed by atoms with Crippen molar-refractivity contribution < 1.29 is 18.0 Å². The molecule has 4 aromatic carbocycles. The summed E-state index contributed by atoms with van der Waals surface area (Å²) in [7, 11) is 0. The molecule has 7 nitrogen and oxygen atoms in total. The highest BCUT2D eigenvalue weighted by Gasteiger charge is 2.31.